The summed E-state index contributed by atoms with van der Waals surface area (Å²) in [5.41, 5.74) is 1.34. The molecule has 31 heavy (non-hydrogen) atoms. The minimum absolute atomic E-state index is 0.0891. The average molecular weight is 787 g/mol. The minimum atomic E-state index is -1.34. The Morgan fingerprint density at radius 2 is 1.77 bits per heavy atom. The molecule has 0 unspecified atom stereocenters. The van der Waals surface area contributed by atoms with E-state index in [9.17, 15) is 4.39 Å². The summed E-state index contributed by atoms with van der Waals surface area (Å²) in [6.45, 7) is 5.67. The fourth-order valence-corrected chi connectivity index (χ4v) is 2.91. The molecule has 172 valence electrons. The van der Waals surface area contributed by atoms with Crippen LogP contribution in [0.1, 0.15) is 31.9 Å². The van der Waals surface area contributed by atoms with Gasteiger partial charge >= 0.3 is 50.5 Å². The second kappa shape index (κ2) is 16.5. The van der Waals surface area contributed by atoms with E-state index in [-0.39, 0.29) is 31.0 Å². The molecule has 4 nitrogen and oxygen atoms in total. The van der Waals surface area contributed by atoms with E-state index < -0.39 is 6.17 Å². The molecule has 0 spiro atoms. The monoisotopic (exact) mass is 786 g/mol. The topological polar surface area (TPSA) is 51.5 Å². The molecule has 0 aliphatic carbocycles. The van der Waals surface area contributed by atoms with Gasteiger partial charge in [0.2, 0.25) is 0 Å². The van der Waals surface area contributed by atoms with Crippen molar-refractivity contribution >= 4 is 48.8 Å². The van der Waals surface area contributed by atoms with Gasteiger partial charge in [0.1, 0.15) is 30.8 Å². The molecule has 0 aliphatic rings. The van der Waals surface area contributed by atoms with Gasteiger partial charge in [-0.15, -0.1) is 0 Å². The summed E-state index contributed by atoms with van der Waals surface area (Å²) in [6.07, 6.45) is -0.324. The third-order valence-electron chi connectivity index (χ3n) is 3.84. The van der Waals surface area contributed by atoms with Gasteiger partial charge in [0.15, 0.2) is 6.17 Å². The van der Waals surface area contributed by atoms with E-state index in [4.69, 9.17) is 31.1 Å². The van der Waals surface area contributed by atoms with E-state index in [1.807, 2.05) is 45.0 Å². The number of alkyl halides is 1. The van der Waals surface area contributed by atoms with Crippen LogP contribution in [-0.2, 0) is 11.2 Å². The van der Waals surface area contributed by atoms with Crippen molar-refractivity contribution in [2.75, 3.05) is 13.2 Å². The molecule has 2 aromatic carbocycles. The van der Waals surface area contributed by atoms with Gasteiger partial charge in [-0.2, -0.15) is 5.26 Å². The molecule has 0 aliphatic heterocycles. The number of rotatable bonds is 10. The summed E-state index contributed by atoms with van der Waals surface area (Å²) < 4.78 is 30.9. The number of ether oxygens (including phenoxy) is 3. The zero-order valence-electron chi connectivity index (χ0n) is 17.5. The van der Waals surface area contributed by atoms with Crippen LogP contribution in [0.5, 0.6) is 11.5 Å². The molecule has 0 saturated carbocycles. The number of benzene rings is 2. The number of hydrogen-bond acceptors (Lipinski definition) is 4. The summed E-state index contributed by atoms with van der Waals surface area (Å²) in [4.78, 5) is 0. The molecule has 0 heterocycles. The second-order valence-corrected chi connectivity index (χ2v) is 23.6. The van der Waals surface area contributed by atoms with Crippen LogP contribution in [0.15, 0.2) is 42.5 Å². The Morgan fingerprint density at radius 3 is 2.42 bits per heavy atom. The van der Waals surface area contributed by atoms with Gasteiger partial charge in [-0.05, 0) is 63.1 Å². The Morgan fingerprint density at radius 1 is 1.10 bits per heavy atom. The van der Waals surface area contributed by atoms with E-state index in [1.54, 1.807) is 18.2 Å². The van der Waals surface area contributed by atoms with Crippen LogP contribution in [0.3, 0.4) is 0 Å². The molecule has 0 radical (unpaired) electrons. The first kappa shape index (κ1) is 28.9. The quantitative estimate of drug-likeness (QED) is 0.341. The zero-order chi connectivity index (χ0) is 23.2. The van der Waals surface area contributed by atoms with Crippen LogP contribution >= 0.6 is 48.8 Å². The molecule has 0 bridgehead atoms. The van der Waals surface area contributed by atoms with Crippen LogP contribution in [-0.4, -0.2) is 31.6 Å². The van der Waals surface area contributed by atoms with Gasteiger partial charge in [-0.1, -0.05) is 23.7 Å². The van der Waals surface area contributed by atoms with Gasteiger partial charge in [-0.3, -0.25) is 0 Å². The van der Waals surface area contributed by atoms with Crippen LogP contribution in [0.2, 0.25) is 5.02 Å². The first-order valence-corrected chi connectivity index (χ1v) is 22.4. The van der Waals surface area contributed by atoms with Gasteiger partial charge in [0.25, 0.3) is 0 Å². The first-order chi connectivity index (χ1) is 14.8. The Hall–Kier alpha value is -0.1000. The maximum absolute atomic E-state index is 14.2. The summed E-state index contributed by atoms with van der Waals surface area (Å²) in [6, 6.07) is 14.2. The van der Waals surface area contributed by atoms with Crippen LogP contribution < -0.4 is 22.7 Å². The maximum atomic E-state index is 14.2. The van der Waals surface area contributed by atoms with E-state index in [1.165, 1.54) is 6.07 Å². The molecule has 0 saturated heterocycles. The van der Waals surface area contributed by atoms with Crippen molar-refractivity contribution in [3.63, 3.8) is 0 Å². The Bertz CT molecular complexity index is 836. The third-order valence-corrected chi connectivity index (χ3v) is 4.07. The normalized spacial score (nSPS) is 12.5. The van der Waals surface area contributed by atoms with Crippen molar-refractivity contribution in [1.29, 1.82) is 5.26 Å². The summed E-state index contributed by atoms with van der Waals surface area (Å²) >= 11 is 11.1. The summed E-state index contributed by atoms with van der Waals surface area (Å²) in [5, 5.41) is 9.51. The van der Waals surface area contributed by atoms with Crippen molar-refractivity contribution < 1.29 is 31.9 Å². The predicted molar refractivity (Wildman–Crippen MR) is 136 cm³/mol. The Balaban J connectivity index is 0.00000151. The van der Waals surface area contributed by atoms with E-state index in [0.717, 1.165) is 12.0 Å². The molecule has 0 aromatic heterocycles. The molecular formula is C22H25ClFI3NO3-. The fraction of sp³-hybridized carbons (Fsp3) is 0.409. The average Bonchev–Trinajstić information content (AvgIpc) is 2.71. The van der Waals surface area contributed by atoms with Crippen molar-refractivity contribution in [2.24, 2.45) is 0 Å². The first-order valence-electron chi connectivity index (χ1n) is 9.49. The molecule has 0 N–H and O–H groups in total. The van der Waals surface area contributed by atoms with Crippen molar-refractivity contribution in [3.05, 3.63) is 58.6 Å². The van der Waals surface area contributed by atoms with Crippen LogP contribution in [0, 0.1) is 11.3 Å². The van der Waals surface area contributed by atoms with Crippen LogP contribution in [0.25, 0.3) is 0 Å². The van der Waals surface area contributed by atoms with E-state index in [2.05, 4.69) is 37.2 Å². The number of halogens is 5. The SMILES string of the molecule is CC(C)O[C@H](C)Cc1cccc(OC[C@H](F)COc2ccc(Cl)cc2C#N)c1.I[I-]I. The molecule has 0 fully saturated rings. The zero-order valence-corrected chi connectivity index (χ0v) is 24.7. The van der Waals surface area contributed by atoms with E-state index in [0.29, 0.717) is 29.8 Å². The molecular weight excluding hydrogens is 761 g/mol. The Kier molecular flexibility index (Phi) is 15.4. The molecule has 9 heteroatoms. The van der Waals surface area contributed by atoms with Gasteiger partial charge in [-0.25, -0.2) is 4.39 Å². The third kappa shape index (κ3) is 12.6. The molecule has 0 amide bonds. The molecule has 2 aromatic rings. The van der Waals surface area contributed by atoms with Crippen molar-refractivity contribution in [1.82, 2.24) is 0 Å². The molecule has 2 atom stereocenters. The summed E-state index contributed by atoms with van der Waals surface area (Å²) in [5.74, 6) is 0.900. The standard InChI is InChI=1S/C22H25ClFNO3.I3/c1-15(2)28-16(3)9-17-5-4-6-21(10-17)26-13-20(24)14-27-22-8-7-19(23)11-18(22)12-25;1-3-2/h4-8,10-11,15-16,20H,9,13-14H2,1-3H3;/q;-1/t16-,20+;/m1./s1. The number of nitrogens with zero attached hydrogens (tertiary/aromatic N) is 1. The number of nitriles is 1. The van der Waals surface area contributed by atoms with Gasteiger partial charge < -0.3 is 14.2 Å². The fourth-order valence-electron chi connectivity index (χ4n) is 2.74. The Labute approximate surface area is 218 Å². The van der Waals surface area contributed by atoms with Crippen molar-refractivity contribution in [3.8, 4) is 17.6 Å². The predicted octanol–water partition coefficient (Wildman–Crippen LogP) is 4.14. The van der Waals surface area contributed by atoms with E-state index >= 15 is 0 Å². The second-order valence-electron chi connectivity index (χ2n) is 6.87. The van der Waals surface area contributed by atoms with Gasteiger partial charge in [0.05, 0.1) is 17.8 Å². The molecule has 2 rings (SSSR count). The van der Waals surface area contributed by atoms with Crippen molar-refractivity contribution in [2.45, 2.75) is 45.6 Å². The van der Waals surface area contributed by atoms with Gasteiger partial charge in [0, 0.05) is 5.02 Å². The number of hydrogen-bond donors (Lipinski definition) is 0. The van der Waals surface area contributed by atoms with Crippen LogP contribution in [0.4, 0.5) is 4.39 Å². The summed E-state index contributed by atoms with van der Waals surface area (Å²) in [7, 11) is 0.